The highest BCUT2D eigenvalue weighted by Gasteiger charge is 2.17. The highest BCUT2D eigenvalue weighted by molar-refractivity contribution is 5.86. The maximum Gasteiger partial charge on any atom is 0.240 e. The first-order valence-corrected chi connectivity index (χ1v) is 8.75. The van der Waals surface area contributed by atoms with Crippen LogP contribution in [0.25, 0.3) is 10.9 Å². The van der Waals surface area contributed by atoms with Crippen molar-refractivity contribution in [2.45, 2.75) is 64.1 Å². The van der Waals surface area contributed by atoms with E-state index in [0.29, 0.717) is 12.6 Å². The number of carbonyl (C=O) groups excluding carboxylic acids is 1. The molecule has 1 heterocycles. The van der Waals surface area contributed by atoms with E-state index in [4.69, 9.17) is 5.73 Å². The third-order valence-corrected chi connectivity index (χ3v) is 4.70. The zero-order valence-electron chi connectivity index (χ0n) is 14.3. The minimum atomic E-state index is 0. The lowest BCUT2D eigenvalue weighted by atomic mass is 9.95. The summed E-state index contributed by atoms with van der Waals surface area (Å²) < 4.78 is 2.06. The number of nitrogens with one attached hydrogen (secondary N) is 1. The van der Waals surface area contributed by atoms with Crippen LogP contribution >= 0.6 is 12.4 Å². The second kappa shape index (κ2) is 8.54. The second-order valence-corrected chi connectivity index (χ2v) is 6.88. The van der Waals surface area contributed by atoms with E-state index in [-0.39, 0.29) is 24.4 Å². The van der Waals surface area contributed by atoms with Crippen molar-refractivity contribution < 1.29 is 4.79 Å². The largest absolute Gasteiger partial charge is 0.352 e. The monoisotopic (exact) mass is 349 g/mol. The number of nitrogens with zero attached hydrogens (tertiary/aromatic N) is 1. The molecule has 0 saturated heterocycles. The van der Waals surface area contributed by atoms with Crippen LogP contribution in [-0.4, -0.2) is 22.6 Å². The molecule has 2 aromatic rings. The summed E-state index contributed by atoms with van der Waals surface area (Å²) in [5.41, 5.74) is 8.30. The van der Waals surface area contributed by atoms with Gasteiger partial charge in [-0.3, -0.25) is 4.79 Å². The molecule has 0 aliphatic heterocycles. The van der Waals surface area contributed by atoms with Crippen molar-refractivity contribution in [3.8, 4) is 0 Å². The summed E-state index contributed by atoms with van der Waals surface area (Å²) in [5.74, 6) is 0.116. The molecule has 4 nitrogen and oxygen atoms in total. The van der Waals surface area contributed by atoms with Crippen LogP contribution in [0.15, 0.2) is 30.5 Å². The van der Waals surface area contributed by atoms with Gasteiger partial charge in [-0.15, -0.1) is 12.4 Å². The maximum atomic E-state index is 12.4. The molecular formula is C19H28ClN3O. The van der Waals surface area contributed by atoms with Crippen LogP contribution in [-0.2, 0) is 17.8 Å². The van der Waals surface area contributed by atoms with Crippen LogP contribution < -0.4 is 11.1 Å². The molecule has 1 atom stereocenters. The molecule has 0 spiro atoms. The van der Waals surface area contributed by atoms with Crippen molar-refractivity contribution in [2.75, 3.05) is 0 Å². The zero-order chi connectivity index (χ0) is 16.2. The average molecular weight is 350 g/mol. The number of rotatable bonds is 5. The normalized spacial score (nSPS) is 16.6. The summed E-state index contributed by atoms with van der Waals surface area (Å²) in [6.07, 6.45) is 8.93. The molecule has 0 bridgehead atoms. The fourth-order valence-electron chi connectivity index (χ4n) is 3.64. The average Bonchev–Trinajstić information content (AvgIpc) is 2.86. The third-order valence-electron chi connectivity index (χ3n) is 4.70. The van der Waals surface area contributed by atoms with Crippen molar-refractivity contribution in [1.82, 2.24) is 9.88 Å². The van der Waals surface area contributed by atoms with Gasteiger partial charge < -0.3 is 15.6 Å². The SMILES string of the molecule is CC(N)Cc1cn(CC(=O)NC2CCCCC2)c2ccccc12.Cl. The van der Waals surface area contributed by atoms with E-state index in [0.717, 1.165) is 24.8 Å². The van der Waals surface area contributed by atoms with Gasteiger partial charge in [0, 0.05) is 29.2 Å². The van der Waals surface area contributed by atoms with Crippen LogP contribution in [0.2, 0.25) is 0 Å². The first-order chi connectivity index (χ1) is 11.1. The smallest absolute Gasteiger partial charge is 0.240 e. The first kappa shape index (κ1) is 18.8. The molecule has 1 unspecified atom stereocenters. The van der Waals surface area contributed by atoms with E-state index >= 15 is 0 Å². The lowest BCUT2D eigenvalue weighted by molar-refractivity contribution is -0.122. The van der Waals surface area contributed by atoms with Gasteiger partial charge in [0.2, 0.25) is 5.91 Å². The van der Waals surface area contributed by atoms with E-state index in [1.807, 2.05) is 19.1 Å². The van der Waals surface area contributed by atoms with E-state index in [9.17, 15) is 4.79 Å². The standard InChI is InChI=1S/C19H27N3O.ClH/c1-14(20)11-15-12-22(18-10-6-5-9-17(15)18)13-19(23)21-16-7-3-2-4-8-16;/h5-6,9-10,12,14,16H,2-4,7-8,11,13,20H2,1H3,(H,21,23);1H. The Hall–Kier alpha value is -1.52. The highest BCUT2D eigenvalue weighted by Crippen LogP contribution is 2.22. The molecule has 1 amide bonds. The number of nitrogens with two attached hydrogens (primary N) is 1. The van der Waals surface area contributed by atoms with Crippen LogP contribution in [0, 0.1) is 0 Å². The van der Waals surface area contributed by atoms with Gasteiger partial charge in [0.25, 0.3) is 0 Å². The van der Waals surface area contributed by atoms with Crippen molar-refractivity contribution in [3.05, 3.63) is 36.0 Å². The van der Waals surface area contributed by atoms with Gasteiger partial charge in [-0.25, -0.2) is 0 Å². The van der Waals surface area contributed by atoms with Crippen LogP contribution in [0.3, 0.4) is 0 Å². The molecule has 1 aliphatic rings. The third kappa shape index (κ3) is 4.52. The first-order valence-electron chi connectivity index (χ1n) is 8.75. The van der Waals surface area contributed by atoms with Gasteiger partial charge in [-0.2, -0.15) is 0 Å². The summed E-state index contributed by atoms with van der Waals surface area (Å²) in [5, 5.41) is 4.40. The predicted octanol–water partition coefficient (Wildman–Crippen LogP) is 3.40. The van der Waals surface area contributed by atoms with Crippen molar-refractivity contribution in [3.63, 3.8) is 0 Å². The number of fused-ring (bicyclic) bond motifs is 1. The molecule has 3 N–H and O–H groups in total. The van der Waals surface area contributed by atoms with Crippen molar-refractivity contribution in [2.24, 2.45) is 5.73 Å². The molecule has 24 heavy (non-hydrogen) atoms. The molecule has 1 aliphatic carbocycles. The summed E-state index contributed by atoms with van der Waals surface area (Å²) in [6.45, 7) is 2.40. The lowest BCUT2D eigenvalue weighted by Crippen LogP contribution is -2.38. The maximum absolute atomic E-state index is 12.4. The quantitative estimate of drug-likeness (QED) is 0.869. The predicted molar refractivity (Wildman–Crippen MR) is 102 cm³/mol. The minimum Gasteiger partial charge on any atom is -0.352 e. The van der Waals surface area contributed by atoms with Gasteiger partial charge in [-0.05, 0) is 37.8 Å². The molecular weight excluding hydrogens is 322 g/mol. The van der Waals surface area contributed by atoms with E-state index in [2.05, 4.69) is 28.2 Å². The number of hydrogen-bond donors (Lipinski definition) is 2. The lowest BCUT2D eigenvalue weighted by Gasteiger charge is -2.22. The van der Waals surface area contributed by atoms with Gasteiger partial charge in [0.05, 0.1) is 0 Å². The Kier molecular flexibility index (Phi) is 6.69. The van der Waals surface area contributed by atoms with Crippen LogP contribution in [0.1, 0.15) is 44.6 Å². The Labute approximate surface area is 150 Å². The minimum absolute atomic E-state index is 0. The Morgan fingerprint density at radius 3 is 2.71 bits per heavy atom. The second-order valence-electron chi connectivity index (χ2n) is 6.88. The molecule has 1 fully saturated rings. The number of carbonyl (C=O) groups is 1. The number of halogens is 1. The van der Waals surface area contributed by atoms with Crippen molar-refractivity contribution >= 4 is 29.2 Å². The van der Waals surface area contributed by atoms with Crippen LogP contribution in [0.4, 0.5) is 0 Å². The fourth-order valence-corrected chi connectivity index (χ4v) is 3.64. The number of hydrogen-bond acceptors (Lipinski definition) is 2. The van der Waals surface area contributed by atoms with Gasteiger partial charge >= 0.3 is 0 Å². The van der Waals surface area contributed by atoms with Crippen LogP contribution in [0.5, 0.6) is 0 Å². The summed E-state index contributed by atoms with van der Waals surface area (Å²) in [4.78, 5) is 12.4. The topological polar surface area (TPSA) is 60.0 Å². The Morgan fingerprint density at radius 2 is 2.00 bits per heavy atom. The number of aromatic nitrogens is 1. The summed E-state index contributed by atoms with van der Waals surface area (Å²) >= 11 is 0. The van der Waals surface area contributed by atoms with E-state index in [1.54, 1.807) is 0 Å². The Morgan fingerprint density at radius 1 is 1.29 bits per heavy atom. The molecule has 5 heteroatoms. The number of para-hydroxylation sites is 1. The molecule has 132 valence electrons. The van der Waals surface area contributed by atoms with E-state index < -0.39 is 0 Å². The zero-order valence-corrected chi connectivity index (χ0v) is 15.1. The Bertz CT molecular complexity index is 674. The summed E-state index contributed by atoms with van der Waals surface area (Å²) in [6, 6.07) is 8.73. The molecule has 1 aromatic heterocycles. The fraction of sp³-hybridized carbons (Fsp3) is 0.526. The molecule has 0 radical (unpaired) electrons. The molecule has 1 saturated carbocycles. The molecule has 3 rings (SSSR count). The number of amides is 1. The highest BCUT2D eigenvalue weighted by atomic mass is 35.5. The van der Waals surface area contributed by atoms with Gasteiger partial charge in [-0.1, -0.05) is 37.5 Å². The summed E-state index contributed by atoms with van der Waals surface area (Å²) in [7, 11) is 0. The number of benzene rings is 1. The van der Waals surface area contributed by atoms with Gasteiger partial charge in [0.1, 0.15) is 6.54 Å². The van der Waals surface area contributed by atoms with Crippen molar-refractivity contribution in [1.29, 1.82) is 0 Å². The van der Waals surface area contributed by atoms with E-state index in [1.165, 1.54) is 30.2 Å². The van der Waals surface area contributed by atoms with Gasteiger partial charge in [0.15, 0.2) is 0 Å². The molecule has 1 aromatic carbocycles. The Balaban J connectivity index is 0.00000208.